The molecule has 0 aliphatic carbocycles. The van der Waals surface area contributed by atoms with E-state index in [1.54, 1.807) is 0 Å². The highest BCUT2D eigenvalue weighted by Crippen LogP contribution is 2.16. The summed E-state index contributed by atoms with van der Waals surface area (Å²) >= 11 is 0. The summed E-state index contributed by atoms with van der Waals surface area (Å²) in [6.07, 6.45) is 13.0. The summed E-state index contributed by atoms with van der Waals surface area (Å²) in [4.78, 5) is 12.0. The maximum Gasteiger partial charge on any atom is 0.313 e. The number of rotatable bonds is 13. The zero-order valence-electron chi connectivity index (χ0n) is 15.1. The molecule has 1 rings (SSSR count). The topological polar surface area (TPSA) is 26.3 Å². The SMILES string of the molecule is CCCCCCCCCCCCOC(=O)C(C)c1ccccc1. The second-order valence-corrected chi connectivity index (χ2v) is 6.48. The first-order valence-corrected chi connectivity index (χ1v) is 9.47. The molecule has 0 N–H and O–H groups in total. The lowest BCUT2D eigenvalue weighted by atomic mass is 10.0. The van der Waals surface area contributed by atoms with E-state index in [4.69, 9.17) is 4.74 Å². The Labute approximate surface area is 142 Å². The van der Waals surface area contributed by atoms with Crippen molar-refractivity contribution in [2.45, 2.75) is 84.0 Å². The second-order valence-electron chi connectivity index (χ2n) is 6.48. The molecule has 0 radical (unpaired) electrons. The van der Waals surface area contributed by atoms with Gasteiger partial charge in [-0.1, -0.05) is 95.0 Å². The fourth-order valence-electron chi connectivity index (χ4n) is 2.77. The van der Waals surface area contributed by atoms with Gasteiger partial charge in [0.05, 0.1) is 12.5 Å². The van der Waals surface area contributed by atoms with Crippen LogP contribution in [0, 0.1) is 0 Å². The normalized spacial score (nSPS) is 12.1. The molecular weight excluding hydrogens is 284 g/mol. The summed E-state index contributed by atoms with van der Waals surface area (Å²) in [5.74, 6) is -0.272. The summed E-state index contributed by atoms with van der Waals surface area (Å²) < 4.78 is 5.39. The van der Waals surface area contributed by atoms with Crippen molar-refractivity contribution in [2.24, 2.45) is 0 Å². The molecule has 0 saturated carbocycles. The van der Waals surface area contributed by atoms with Gasteiger partial charge in [0.1, 0.15) is 0 Å². The van der Waals surface area contributed by atoms with E-state index in [1.807, 2.05) is 37.3 Å². The molecule has 1 aromatic carbocycles. The first kappa shape index (κ1) is 19.7. The van der Waals surface area contributed by atoms with Gasteiger partial charge in [-0.2, -0.15) is 0 Å². The van der Waals surface area contributed by atoms with Gasteiger partial charge in [0.2, 0.25) is 0 Å². The lowest BCUT2D eigenvalue weighted by Crippen LogP contribution is -2.13. The monoisotopic (exact) mass is 318 g/mol. The molecule has 0 amide bonds. The Kier molecular flexibility index (Phi) is 11.3. The van der Waals surface area contributed by atoms with Gasteiger partial charge in [0, 0.05) is 0 Å². The van der Waals surface area contributed by atoms with E-state index in [2.05, 4.69) is 6.92 Å². The van der Waals surface area contributed by atoms with Crippen LogP contribution in [-0.4, -0.2) is 12.6 Å². The van der Waals surface area contributed by atoms with Crippen LogP contribution in [0.2, 0.25) is 0 Å². The predicted molar refractivity (Wildman–Crippen MR) is 97.7 cm³/mol. The van der Waals surface area contributed by atoms with Crippen molar-refractivity contribution in [3.05, 3.63) is 35.9 Å². The molecule has 0 spiro atoms. The molecular formula is C21H34O2. The minimum atomic E-state index is -0.167. The van der Waals surface area contributed by atoms with Gasteiger partial charge in [-0.15, -0.1) is 0 Å². The van der Waals surface area contributed by atoms with Crippen molar-refractivity contribution in [3.8, 4) is 0 Å². The first-order chi connectivity index (χ1) is 11.3. The molecule has 130 valence electrons. The Bertz CT molecular complexity index is 400. The number of esters is 1. The Balaban J connectivity index is 1.95. The number of benzene rings is 1. The highest BCUT2D eigenvalue weighted by atomic mass is 16.5. The number of hydrogen-bond donors (Lipinski definition) is 0. The van der Waals surface area contributed by atoms with Gasteiger partial charge in [-0.25, -0.2) is 0 Å². The lowest BCUT2D eigenvalue weighted by molar-refractivity contribution is -0.145. The van der Waals surface area contributed by atoms with Gasteiger partial charge in [0.15, 0.2) is 0 Å². The summed E-state index contributed by atoms with van der Waals surface area (Å²) in [5.41, 5.74) is 1.03. The van der Waals surface area contributed by atoms with Crippen molar-refractivity contribution in [1.82, 2.24) is 0 Å². The van der Waals surface area contributed by atoms with E-state index in [0.717, 1.165) is 12.0 Å². The van der Waals surface area contributed by atoms with Crippen LogP contribution in [0.5, 0.6) is 0 Å². The minimum Gasteiger partial charge on any atom is -0.465 e. The quantitative estimate of drug-likeness (QED) is 0.317. The van der Waals surface area contributed by atoms with Crippen molar-refractivity contribution in [2.75, 3.05) is 6.61 Å². The van der Waals surface area contributed by atoms with Gasteiger partial charge in [-0.05, 0) is 18.9 Å². The molecule has 2 nitrogen and oxygen atoms in total. The zero-order valence-corrected chi connectivity index (χ0v) is 15.1. The molecule has 0 heterocycles. The van der Waals surface area contributed by atoms with Crippen molar-refractivity contribution < 1.29 is 9.53 Å². The molecule has 23 heavy (non-hydrogen) atoms. The molecule has 0 aliphatic rings. The third-order valence-electron chi connectivity index (χ3n) is 4.40. The maximum absolute atomic E-state index is 12.0. The van der Waals surface area contributed by atoms with Crippen LogP contribution in [0.3, 0.4) is 0 Å². The summed E-state index contributed by atoms with van der Waals surface area (Å²) in [7, 11) is 0. The standard InChI is InChI=1S/C21H34O2/c1-3-4-5-6-7-8-9-10-11-15-18-23-21(22)19(2)20-16-13-12-14-17-20/h12-14,16-17,19H,3-11,15,18H2,1-2H3. The Morgan fingerprint density at radius 1 is 0.870 bits per heavy atom. The minimum absolute atomic E-state index is 0.105. The summed E-state index contributed by atoms with van der Waals surface area (Å²) in [5, 5.41) is 0. The van der Waals surface area contributed by atoms with E-state index in [1.165, 1.54) is 57.8 Å². The average Bonchev–Trinajstić information content (AvgIpc) is 2.59. The molecule has 0 aliphatic heterocycles. The summed E-state index contributed by atoms with van der Waals surface area (Å²) in [6.45, 7) is 4.73. The van der Waals surface area contributed by atoms with Crippen LogP contribution < -0.4 is 0 Å². The third kappa shape index (κ3) is 9.43. The number of unbranched alkanes of at least 4 members (excludes halogenated alkanes) is 9. The average molecular weight is 319 g/mol. The largest absolute Gasteiger partial charge is 0.465 e. The third-order valence-corrected chi connectivity index (χ3v) is 4.40. The predicted octanol–water partition coefficient (Wildman–Crippen LogP) is 6.25. The molecule has 0 saturated heterocycles. The fraction of sp³-hybridized carbons (Fsp3) is 0.667. The maximum atomic E-state index is 12.0. The molecule has 0 fully saturated rings. The van der Waals surface area contributed by atoms with Crippen LogP contribution in [-0.2, 0) is 9.53 Å². The van der Waals surface area contributed by atoms with E-state index in [-0.39, 0.29) is 11.9 Å². The van der Waals surface area contributed by atoms with Gasteiger partial charge >= 0.3 is 5.97 Å². The smallest absolute Gasteiger partial charge is 0.313 e. The number of hydrogen-bond acceptors (Lipinski definition) is 2. The van der Waals surface area contributed by atoms with Crippen LogP contribution >= 0.6 is 0 Å². The highest BCUT2D eigenvalue weighted by Gasteiger charge is 2.15. The van der Waals surface area contributed by atoms with Crippen LogP contribution in [0.15, 0.2) is 30.3 Å². The van der Waals surface area contributed by atoms with E-state index < -0.39 is 0 Å². The Morgan fingerprint density at radius 3 is 1.96 bits per heavy atom. The molecule has 0 bridgehead atoms. The molecule has 2 heteroatoms. The lowest BCUT2D eigenvalue weighted by Gasteiger charge is -2.11. The molecule has 1 unspecified atom stereocenters. The van der Waals surface area contributed by atoms with Crippen LogP contribution in [0.25, 0.3) is 0 Å². The second kappa shape index (κ2) is 13.2. The van der Waals surface area contributed by atoms with Crippen LogP contribution in [0.1, 0.15) is 89.5 Å². The Morgan fingerprint density at radius 2 is 1.39 bits per heavy atom. The van der Waals surface area contributed by atoms with Crippen molar-refractivity contribution in [3.63, 3.8) is 0 Å². The van der Waals surface area contributed by atoms with Crippen LogP contribution in [0.4, 0.5) is 0 Å². The van der Waals surface area contributed by atoms with Crippen molar-refractivity contribution >= 4 is 5.97 Å². The molecule has 1 atom stereocenters. The van der Waals surface area contributed by atoms with Gasteiger partial charge < -0.3 is 4.74 Å². The van der Waals surface area contributed by atoms with Crippen molar-refractivity contribution in [1.29, 1.82) is 0 Å². The van der Waals surface area contributed by atoms with Gasteiger partial charge in [-0.3, -0.25) is 4.79 Å². The van der Waals surface area contributed by atoms with E-state index >= 15 is 0 Å². The van der Waals surface area contributed by atoms with Gasteiger partial charge in [0.25, 0.3) is 0 Å². The van der Waals surface area contributed by atoms with E-state index in [9.17, 15) is 4.79 Å². The number of carbonyl (C=O) groups is 1. The fourth-order valence-corrected chi connectivity index (χ4v) is 2.77. The zero-order chi connectivity index (χ0) is 16.8. The number of carbonyl (C=O) groups excluding carboxylic acids is 1. The summed E-state index contributed by atoms with van der Waals surface area (Å²) in [6, 6.07) is 9.84. The first-order valence-electron chi connectivity index (χ1n) is 9.47. The highest BCUT2D eigenvalue weighted by molar-refractivity contribution is 5.77. The molecule has 0 aromatic heterocycles. The molecule has 1 aromatic rings. The Hall–Kier alpha value is -1.31. The van der Waals surface area contributed by atoms with E-state index in [0.29, 0.717) is 6.61 Å². The number of ether oxygens (including phenoxy) is 1.